The van der Waals surface area contributed by atoms with Gasteiger partial charge in [-0.15, -0.1) is 0 Å². The molecular weight excluding hydrogens is 328 g/mol. The van der Waals surface area contributed by atoms with E-state index in [0.29, 0.717) is 0 Å². The van der Waals surface area contributed by atoms with Crippen LogP contribution in [0.2, 0.25) is 0 Å². The molecule has 2 atom stereocenters. The van der Waals surface area contributed by atoms with Crippen LogP contribution in [0.15, 0.2) is 29.2 Å². The van der Waals surface area contributed by atoms with Crippen molar-refractivity contribution in [3.63, 3.8) is 0 Å². The Hall–Kier alpha value is -2.17. The Kier molecular flexibility index (Phi) is 4.88. The summed E-state index contributed by atoms with van der Waals surface area (Å²) in [7, 11) is -2.79. The summed E-state index contributed by atoms with van der Waals surface area (Å²) in [6.45, 7) is 1.43. The largest absolute Gasteiger partial charge is 0.461 e. The molecule has 0 radical (unpaired) electrons. The normalized spacial score (nSPS) is 21.2. The third-order valence-corrected chi connectivity index (χ3v) is 4.70. The van der Waals surface area contributed by atoms with Gasteiger partial charge in [-0.2, -0.15) is 0 Å². The van der Waals surface area contributed by atoms with Crippen LogP contribution in [0.25, 0.3) is 0 Å². The van der Waals surface area contributed by atoms with E-state index in [9.17, 15) is 23.5 Å². The third-order valence-electron chi connectivity index (χ3n) is 3.26. The second kappa shape index (κ2) is 6.52. The molecule has 23 heavy (non-hydrogen) atoms. The highest BCUT2D eigenvalue weighted by molar-refractivity contribution is 7.89. The van der Waals surface area contributed by atoms with Crippen molar-refractivity contribution in [1.29, 1.82) is 0 Å². The molecule has 2 rings (SSSR count). The number of aliphatic hydroxyl groups excluding tert-OH is 1. The highest BCUT2D eigenvalue weighted by atomic mass is 32.2. The van der Waals surface area contributed by atoms with Gasteiger partial charge in [0.1, 0.15) is 6.10 Å². The summed E-state index contributed by atoms with van der Waals surface area (Å²) in [4.78, 5) is 15.9. The molecular formula is C13H16N2O7S. The van der Waals surface area contributed by atoms with Crippen molar-refractivity contribution in [2.24, 2.45) is 0 Å². The number of rotatable bonds is 5. The van der Waals surface area contributed by atoms with E-state index in [1.165, 1.54) is 12.1 Å². The summed E-state index contributed by atoms with van der Waals surface area (Å²) in [6, 6.07) is 6.13. The lowest BCUT2D eigenvalue weighted by Gasteiger charge is -2.15. The first-order valence-corrected chi connectivity index (χ1v) is 8.08. The number of aryl methyl sites for hydroxylation is 1. The average Bonchev–Trinajstić information content (AvgIpc) is 2.79. The summed E-state index contributed by atoms with van der Waals surface area (Å²) in [5, 5.41) is 21.3. The molecule has 1 aliphatic rings. The number of nitrogens with zero attached hydrogens (tertiary/aromatic N) is 1. The number of aliphatic hydroxyl groups is 1. The molecule has 1 heterocycles. The number of methoxy groups -OCH3 is 1. The summed E-state index contributed by atoms with van der Waals surface area (Å²) < 4.78 is 30.8. The minimum atomic E-state index is -3.84. The molecule has 2 N–H and O–H groups in total. The number of hydrogen-bond acceptors (Lipinski definition) is 7. The van der Waals surface area contributed by atoms with E-state index < -0.39 is 40.5 Å². The van der Waals surface area contributed by atoms with Gasteiger partial charge in [-0.1, -0.05) is 17.7 Å². The van der Waals surface area contributed by atoms with E-state index in [1.54, 1.807) is 12.1 Å². The lowest BCUT2D eigenvalue weighted by Crippen LogP contribution is -2.42. The molecule has 10 heteroatoms. The Morgan fingerprint density at radius 1 is 1.43 bits per heavy atom. The zero-order valence-corrected chi connectivity index (χ0v) is 13.2. The van der Waals surface area contributed by atoms with Crippen LogP contribution in [0.3, 0.4) is 0 Å². The van der Waals surface area contributed by atoms with E-state index in [4.69, 9.17) is 4.84 Å². The smallest absolute Gasteiger partial charge is 0.407 e. The fraction of sp³-hybridized carbons (Fsp3) is 0.385. The molecule has 1 aromatic carbocycles. The first-order valence-electron chi connectivity index (χ1n) is 6.60. The van der Waals surface area contributed by atoms with Crippen LogP contribution in [0.5, 0.6) is 0 Å². The van der Waals surface area contributed by atoms with Crippen LogP contribution in [0.1, 0.15) is 5.56 Å². The van der Waals surface area contributed by atoms with Gasteiger partial charge < -0.3 is 14.7 Å². The van der Waals surface area contributed by atoms with E-state index >= 15 is 0 Å². The van der Waals surface area contributed by atoms with Gasteiger partial charge in [0.05, 0.1) is 16.9 Å². The highest BCUT2D eigenvalue weighted by Gasteiger charge is 2.44. The van der Waals surface area contributed by atoms with Gasteiger partial charge >= 0.3 is 11.7 Å². The molecule has 0 aromatic heterocycles. The van der Waals surface area contributed by atoms with Crippen molar-refractivity contribution in [3.8, 4) is 0 Å². The monoisotopic (exact) mass is 344 g/mol. The quantitative estimate of drug-likeness (QED) is 0.522. The van der Waals surface area contributed by atoms with Crippen molar-refractivity contribution in [1.82, 2.24) is 4.72 Å². The molecule has 0 bridgehead atoms. The molecule has 9 nitrogen and oxygen atoms in total. The van der Waals surface area contributed by atoms with E-state index in [2.05, 4.69) is 9.46 Å². The number of sulfonamides is 1. The molecule has 0 spiro atoms. The molecule has 1 unspecified atom stereocenters. The molecule has 0 aliphatic carbocycles. The maximum atomic E-state index is 12.1. The molecule has 126 valence electrons. The van der Waals surface area contributed by atoms with Crippen molar-refractivity contribution in [2.45, 2.75) is 24.0 Å². The number of benzene rings is 1. The zero-order valence-electron chi connectivity index (χ0n) is 12.4. The van der Waals surface area contributed by atoms with Crippen molar-refractivity contribution in [2.75, 3.05) is 13.7 Å². The number of nitrogens with one attached hydrogen (secondary N) is 1. The van der Waals surface area contributed by atoms with Gasteiger partial charge in [-0.25, -0.2) is 17.9 Å². The Balaban J connectivity index is 2.05. The first kappa shape index (κ1) is 17.2. The van der Waals surface area contributed by atoms with Crippen molar-refractivity contribution >= 4 is 21.7 Å². The SMILES string of the molecule is COC(=O)C1=[N+]([O-])O[C@H](CNS(=O)(=O)c2ccc(C)cc2)C1O. The lowest BCUT2D eigenvalue weighted by atomic mass is 10.1. The fourth-order valence-electron chi connectivity index (χ4n) is 1.96. The maximum absolute atomic E-state index is 12.1. The average molecular weight is 344 g/mol. The topological polar surface area (TPSA) is 128 Å². The predicted octanol–water partition coefficient (Wildman–Crippen LogP) is -0.928. The fourth-order valence-corrected chi connectivity index (χ4v) is 3.01. The van der Waals surface area contributed by atoms with Crippen LogP contribution in [-0.4, -0.2) is 56.0 Å². The van der Waals surface area contributed by atoms with Crippen LogP contribution in [-0.2, 0) is 24.4 Å². The summed E-state index contributed by atoms with van der Waals surface area (Å²) in [5.74, 6) is -1.05. The third kappa shape index (κ3) is 3.60. The number of esters is 1. The highest BCUT2D eigenvalue weighted by Crippen LogP contribution is 2.14. The van der Waals surface area contributed by atoms with Crippen LogP contribution < -0.4 is 4.72 Å². The van der Waals surface area contributed by atoms with E-state index in [1.807, 2.05) is 6.92 Å². The molecule has 1 aromatic rings. The molecule has 1 aliphatic heterocycles. The van der Waals surface area contributed by atoms with Gasteiger partial charge in [0.15, 0.2) is 6.10 Å². The van der Waals surface area contributed by atoms with Gasteiger partial charge in [0, 0.05) is 6.54 Å². The Labute approximate surface area is 132 Å². The number of carbonyl (C=O) groups is 1. The Bertz CT molecular complexity index is 727. The van der Waals surface area contributed by atoms with E-state index in [-0.39, 0.29) is 9.80 Å². The van der Waals surface area contributed by atoms with E-state index in [0.717, 1.165) is 12.7 Å². The molecule has 0 amide bonds. The van der Waals surface area contributed by atoms with Gasteiger partial charge in [0.2, 0.25) is 10.0 Å². The number of hydrogen-bond donors (Lipinski definition) is 2. The van der Waals surface area contributed by atoms with Gasteiger partial charge in [0.25, 0.3) is 0 Å². The Morgan fingerprint density at radius 3 is 2.61 bits per heavy atom. The lowest BCUT2D eigenvalue weighted by molar-refractivity contribution is -0.739. The van der Waals surface area contributed by atoms with Crippen molar-refractivity contribution < 1.29 is 32.8 Å². The second-order valence-electron chi connectivity index (χ2n) is 4.89. The predicted molar refractivity (Wildman–Crippen MR) is 77.9 cm³/mol. The first-order chi connectivity index (χ1) is 10.8. The van der Waals surface area contributed by atoms with Crippen LogP contribution >= 0.6 is 0 Å². The van der Waals surface area contributed by atoms with Crippen LogP contribution in [0.4, 0.5) is 0 Å². The summed E-state index contributed by atoms with van der Waals surface area (Å²) in [6.07, 6.45) is -2.83. The number of carbonyl (C=O) groups excluding carboxylic acids is 1. The minimum Gasteiger partial charge on any atom is -0.461 e. The standard InChI is InChI=1S/C13H16N2O7S/c1-8-3-5-9(6-4-8)23(19,20)14-7-10-12(16)11(13(17)21-2)15(18)22-10/h3-6,10,12,14,16H,7H2,1-2H3/t10-,12?/m1/s1. The molecule has 0 saturated heterocycles. The molecule has 0 fully saturated rings. The molecule has 0 saturated carbocycles. The number of ether oxygens (including phenoxy) is 1. The summed E-state index contributed by atoms with van der Waals surface area (Å²) >= 11 is 0. The summed E-state index contributed by atoms with van der Waals surface area (Å²) in [5.41, 5.74) is 0.268. The maximum Gasteiger partial charge on any atom is 0.407 e. The zero-order chi connectivity index (χ0) is 17.2. The van der Waals surface area contributed by atoms with Gasteiger partial charge in [-0.3, -0.25) is 5.21 Å². The second-order valence-corrected chi connectivity index (χ2v) is 6.65. The minimum absolute atomic E-state index is 0.0340. The van der Waals surface area contributed by atoms with Crippen LogP contribution in [0, 0.1) is 12.1 Å². The van der Waals surface area contributed by atoms with Gasteiger partial charge in [-0.05, 0) is 19.1 Å². The van der Waals surface area contributed by atoms with Crippen molar-refractivity contribution in [3.05, 3.63) is 35.0 Å². The Morgan fingerprint density at radius 2 is 2.04 bits per heavy atom.